The van der Waals surface area contributed by atoms with E-state index in [0.717, 1.165) is 12.1 Å². The lowest BCUT2D eigenvalue weighted by Crippen LogP contribution is -2.20. The summed E-state index contributed by atoms with van der Waals surface area (Å²) in [5.74, 6) is -0.790. The largest absolute Gasteiger partial charge is 0.504 e. The molecule has 10 heteroatoms. The number of aromatic hydroxyl groups is 1. The second kappa shape index (κ2) is 6.92. The molecule has 6 nitrogen and oxygen atoms in total. The van der Waals surface area contributed by atoms with Crippen molar-refractivity contribution in [3.8, 4) is 17.0 Å². The molecular formula is C16H9Cl3N2O4S. The number of hydrogen-bond donors (Lipinski definition) is 2. The Labute approximate surface area is 162 Å². The van der Waals surface area contributed by atoms with Crippen LogP contribution >= 0.6 is 34.8 Å². The maximum Gasteiger partial charge on any atom is 0.287 e. The molecule has 0 aliphatic heterocycles. The van der Waals surface area contributed by atoms with Crippen molar-refractivity contribution >= 4 is 44.6 Å². The Kier molecular flexibility index (Phi) is 4.98. The number of aromatic amines is 1. The van der Waals surface area contributed by atoms with Gasteiger partial charge in [0.05, 0.1) is 20.0 Å². The Balaban J connectivity index is 2.30. The van der Waals surface area contributed by atoms with Gasteiger partial charge in [-0.25, -0.2) is 13.5 Å². The highest BCUT2D eigenvalue weighted by Crippen LogP contribution is 2.37. The van der Waals surface area contributed by atoms with Gasteiger partial charge in [0.2, 0.25) is 9.84 Å². The van der Waals surface area contributed by atoms with Crippen molar-refractivity contribution in [3.63, 3.8) is 0 Å². The Morgan fingerprint density at radius 1 is 0.962 bits per heavy atom. The van der Waals surface area contributed by atoms with E-state index >= 15 is 0 Å². The number of H-pyrrole nitrogens is 1. The summed E-state index contributed by atoms with van der Waals surface area (Å²) in [7, 11) is -4.51. The van der Waals surface area contributed by atoms with Crippen molar-refractivity contribution in [1.82, 2.24) is 10.2 Å². The lowest BCUT2D eigenvalue weighted by Gasteiger charge is -2.11. The van der Waals surface area contributed by atoms with E-state index in [1.165, 1.54) is 0 Å². The fourth-order valence-electron chi connectivity index (χ4n) is 2.29. The number of benzene rings is 2. The minimum Gasteiger partial charge on any atom is -0.504 e. The Hall–Kier alpha value is -2.06. The van der Waals surface area contributed by atoms with Gasteiger partial charge in [-0.05, 0) is 12.1 Å². The second-order valence-corrected chi connectivity index (χ2v) is 8.22. The van der Waals surface area contributed by atoms with Crippen molar-refractivity contribution in [2.24, 2.45) is 0 Å². The van der Waals surface area contributed by atoms with Crippen LogP contribution in [0.15, 0.2) is 57.1 Å². The van der Waals surface area contributed by atoms with Gasteiger partial charge in [-0.2, -0.15) is 5.10 Å². The highest BCUT2D eigenvalue weighted by atomic mass is 35.5. The average Bonchev–Trinajstić information content (AvgIpc) is 2.58. The van der Waals surface area contributed by atoms with Gasteiger partial charge in [-0.15, -0.1) is 0 Å². The molecule has 1 heterocycles. The summed E-state index contributed by atoms with van der Waals surface area (Å²) >= 11 is 17.6. The standard InChI is InChI=1S/C16H9Cl3N2O4S/c17-9-6-11(19)12(7-10(9)18)26(24,25)15-14(22)13(20-21-16(15)23)8-4-2-1-3-5-8/h1-7H,(H2,21,22,23). The molecule has 26 heavy (non-hydrogen) atoms. The van der Waals surface area contributed by atoms with Crippen LogP contribution < -0.4 is 5.56 Å². The van der Waals surface area contributed by atoms with Gasteiger partial charge in [0.15, 0.2) is 10.6 Å². The van der Waals surface area contributed by atoms with Crippen molar-refractivity contribution < 1.29 is 13.5 Å². The molecule has 0 bridgehead atoms. The van der Waals surface area contributed by atoms with Gasteiger partial charge in [-0.3, -0.25) is 4.79 Å². The molecule has 0 aliphatic rings. The number of halogens is 3. The SMILES string of the molecule is O=c1[nH]nc(-c2ccccc2)c(O)c1S(=O)(=O)c1cc(Cl)c(Cl)cc1Cl. The first-order chi connectivity index (χ1) is 12.2. The third kappa shape index (κ3) is 3.19. The third-order valence-corrected chi connectivity index (χ3v) is 6.48. The van der Waals surface area contributed by atoms with Gasteiger partial charge < -0.3 is 5.11 Å². The van der Waals surface area contributed by atoms with Crippen molar-refractivity contribution in [1.29, 1.82) is 0 Å². The Morgan fingerprint density at radius 2 is 1.58 bits per heavy atom. The van der Waals surface area contributed by atoms with E-state index in [9.17, 15) is 18.3 Å². The minimum atomic E-state index is -4.51. The minimum absolute atomic E-state index is 0.0495. The summed E-state index contributed by atoms with van der Waals surface area (Å²) in [6, 6.07) is 10.4. The summed E-state index contributed by atoms with van der Waals surface area (Å²) in [5.41, 5.74) is -0.776. The maximum atomic E-state index is 12.9. The molecule has 2 N–H and O–H groups in total. The Morgan fingerprint density at radius 3 is 2.23 bits per heavy atom. The monoisotopic (exact) mass is 430 g/mol. The average molecular weight is 432 g/mol. The van der Waals surface area contributed by atoms with Gasteiger partial charge >= 0.3 is 0 Å². The van der Waals surface area contributed by atoms with E-state index in [1.54, 1.807) is 30.3 Å². The van der Waals surface area contributed by atoms with E-state index < -0.39 is 30.9 Å². The first kappa shape index (κ1) is 18.7. The highest BCUT2D eigenvalue weighted by molar-refractivity contribution is 7.91. The van der Waals surface area contributed by atoms with Crippen LogP contribution in [-0.2, 0) is 9.84 Å². The van der Waals surface area contributed by atoms with Crippen LogP contribution in [0, 0.1) is 0 Å². The van der Waals surface area contributed by atoms with Crippen molar-refractivity contribution in [2.45, 2.75) is 9.79 Å². The predicted molar refractivity (Wildman–Crippen MR) is 98.9 cm³/mol. The second-order valence-electron chi connectivity index (χ2n) is 5.15. The number of rotatable bonds is 3. The molecule has 0 aliphatic carbocycles. The van der Waals surface area contributed by atoms with E-state index in [1.807, 2.05) is 0 Å². The van der Waals surface area contributed by atoms with E-state index in [4.69, 9.17) is 34.8 Å². The molecule has 134 valence electrons. The number of sulfone groups is 1. The summed E-state index contributed by atoms with van der Waals surface area (Å²) in [4.78, 5) is 10.8. The molecule has 0 saturated heterocycles. The number of nitrogens with one attached hydrogen (secondary N) is 1. The van der Waals surface area contributed by atoms with Gasteiger partial charge in [0.1, 0.15) is 5.69 Å². The van der Waals surface area contributed by atoms with Crippen LogP contribution in [0.5, 0.6) is 5.75 Å². The topological polar surface area (TPSA) is 100 Å². The number of hydrogen-bond acceptors (Lipinski definition) is 5. The molecule has 0 radical (unpaired) electrons. The fourth-order valence-corrected chi connectivity index (χ4v) is 4.66. The summed E-state index contributed by atoms with van der Waals surface area (Å²) in [6.07, 6.45) is 0. The molecule has 0 amide bonds. The smallest absolute Gasteiger partial charge is 0.287 e. The van der Waals surface area contributed by atoms with Crippen molar-refractivity contribution in [2.75, 3.05) is 0 Å². The maximum absolute atomic E-state index is 12.9. The normalized spacial score (nSPS) is 11.5. The molecule has 2 aromatic carbocycles. The zero-order valence-electron chi connectivity index (χ0n) is 12.7. The molecule has 0 fully saturated rings. The molecule has 1 aromatic heterocycles. The quantitative estimate of drug-likeness (QED) is 0.612. The third-order valence-electron chi connectivity index (χ3n) is 3.50. The van der Waals surface area contributed by atoms with Gasteiger partial charge in [-0.1, -0.05) is 65.1 Å². The molecule has 0 atom stereocenters. The zero-order valence-corrected chi connectivity index (χ0v) is 15.8. The van der Waals surface area contributed by atoms with Crippen LogP contribution in [0.1, 0.15) is 0 Å². The van der Waals surface area contributed by atoms with Crippen LogP contribution in [0.4, 0.5) is 0 Å². The Bertz CT molecular complexity index is 1160. The lowest BCUT2D eigenvalue weighted by molar-refractivity contribution is 0.453. The number of aromatic nitrogens is 2. The fraction of sp³-hybridized carbons (Fsp3) is 0. The molecule has 0 spiro atoms. The molecule has 3 aromatic rings. The van der Waals surface area contributed by atoms with E-state index in [2.05, 4.69) is 10.2 Å². The molecular weight excluding hydrogens is 423 g/mol. The van der Waals surface area contributed by atoms with E-state index in [-0.39, 0.29) is 20.8 Å². The summed E-state index contributed by atoms with van der Waals surface area (Å²) in [5, 5.41) is 16.0. The van der Waals surface area contributed by atoms with Crippen LogP contribution in [-0.4, -0.2) is 23.7 Å². The van der Waals surface area contributed by atoms with Crippen LogP contribution in [0.2, 0.25) is 15.1 Å². The molecule has 3 rings (SSSR count). The van der Waals surface area contributed by atoms with Crippen LogP contribution in [0.3, 0.4) is 0 Å². The summed E-state index contributed by atoms with van der Waals surface area (Å²) < 4.78 is 25.9. The predicted octanol–water partition coefficient (Wildman–Crippen LogP) is 3.94. The molecule has 0 unspecified atom stereocenters. The van der Waals surface area contributed by atoms with E-state index in [0.29, 0.717) is 5.56 Å². The molecule has 0 saturated carbocycles. The summed E-state index contributed by atoms with van der Waals surface area (Å²) in [6.45, 7) is 0. The highest BCUT2D eigenvalue weighted by Gasteiger charge is 2.31. The lowest BCUT2D eigenvalue weighted by atomic mass is 10.1. The zero-order chi connectivity index (χ0) is 19.1. The van der Waals surface area contributed by atoms with Gasteiger partial charge in [0.25, 0.3) is 5.56 Å². The van der Waals surface area contributed by atoms with Crippen molar-refractivity contribution in [3.05, 3.63) is 67.9 Å². The van der Waals surface area contributed by atoms with Gasteiger partial charge in [0, 0.05) is 5.56 Å². The number of nitrogens with zero attached hydrogens (tertiary/aromatic N) is 1. The van der Waals surface area contributed by atoms with Crippen LogP contribution in [0.25, 0.3) is 11.3 Å². The first-order valence-electron chi connectivity index (χ1n) is 7.00. The first-order valence-corrected chi connectivity index (χ1v) is 9.62.